The molecule has 1 amide bonds. The Morgan fingerprint density at radius 3 is 2.69 bits per heavy atom. The third kappa shape index (κ3) is 3.62. The van der Waals surface area contributed by atoms with E-state index in [0.29, 0.717) is 33.3 Å². The first-order valence-corrected chi connectivity index (χ1v) is 8.21. The molecule has 0 saturated heterocycles. The summed E-state index contributed by atoms with van der Waals surface area (Å²) in [7, 11) is 0. The van der Waals surface area contributed by atoms with E-state index in [-0.39, 0.29) is 12.2 Å². The van der Waals surface area contributed by atoms with Crippen LogP contribution in [-0.2, 0) is 17.8 Å². The quantitative estimate of drug-likeness (QED) is 0.299. The number of amides is 1. The molecule has 10 heteroatoms. The summed E-state index contributed by atoms with van der Waals surface area (Å²) >= 11 is 12.1. The molecule has 26 heavy (non-hydrogen) atoms. The van der Waals surface area contributed by atoms with Crippen LogP contribution in [0, 0.1) is 10.1 Å². The maximum atomic E-state index is 11.8. The topological polar surface area (TPSA) is 116 Å². The fraction of sp³-hybridized carbons (Fsp3) is 0.125. The third-order valence-corrected chi connectivity index (χ3v) is 4.44. The smallest absolute Gasteiger partial charge is 0.271 e. The van der Waals surface area contributed by atoms with Crippen LogP contribution in [0.5, 0.6) is 0 Å². The minimum Gasteiger partial charge on any atom is -0.318 e. The van der Waals surface area contributed by atoms with Gasteiger partial charge in [0, 0.05) is 28.6 Å². The number of benzene rings is 2. The van der Waals surface area contributed by atoms with E-state index in [1.807, 2.05) is 0 Å². The number of nitrogens with two attached hydrogens (primary N) is 1. The molecule has 0 spiro atoms. The average Bonchev–Trinajstić information content (AvgIpc) is 2.93. The predicted molar refractivity (Wildman–Crippen MR) is 98.0 cm³/mol. The Kier molecular flexibility index (Phi) is 5.08. The van der Waals surface area contributed by atoms with E-state index in [0.717, 1.165) is 5.56 Å². The van der Waals surface area contributed by atoms with Crippen LogP contribution in [0.3, 0.4) is 0 Å². The van der Waals surface area contributed by atoms with Crippen molar-refractivity contribution in [1.82, 2.24) is 15.0 Å². The van der Waals surface area contributed by atoms with Gasteiger partial charge in [0.05, 0.1) is 16.0 Å². The van der Waals surface area contributed by atoms with Gasteiger partial charge in [-0.1, -0.05) is 29.3 Å². The molecule has 0 radical (unpaired) electrons. The summed E-state index contributed by atoms with van der Waals surface area (Å²) in [6, 6.07) is 9.36. The number of aromatic nitrogens is 2. The molecule has 3 aromatic rings. The number of carbonyl (C=O) groups excluding carboxylic acids is 1. The van der Waals surface area contributed by atoms with E-state index in [4.69, 9.17) is 29.0 Å². The highest BCUT2D eigenvalue weighted by Gasteiger charge is 2.18. The van der Waals surface area contributed by atoms with Gasteiger partial charge in [-0.05, 0) is 23.8 Å². The summed E-state index contributed by atoms with van der Waals surface area (Å²) in [6.45, 7) is -0.130. The standard InChI is InChI=1S/C16H13Cl2N5O3/c17-10-2-1-9(12(18)6-10)5-15-20-13-4-3-11(23(25)26)7-14(13)22(15)8-16(24)21-19/h1-4,6-7H,5,8,19H2,(H,21,24). The molecular weight excluding hydrogens is 381 g/mol. The molecule has 0 atom stereocenters. The van der Waals surface area contributed by atoms with Gasteiger partial charge in [0.2, 0.25) is 0 Å². The second-order valence-corrected chi connectivity index (χ2v) is 6.37. The molecular formula is C16H13Cl2N5O3. The molecule has 3 rings (SSSR count). The van der Waals surface area contributed by atoms with Gasteiger partial charge in [-0.3, -0.25) is 20.3 Å². The van der Waals surface area contributed by atoms with E-state index in [9.17, 15) is 14.9 Å². The van der Waals surface area contributed by atoms with Gasteiger partial charge in [-0.15, -0.1) is 0 Å². The van der Waals surface area contributed by atoms with Crippen LogP contribution in [0.15, 0.2) is 36.4 Å². The molecule has 3 N–H and O–H groups in total. The second-order valence-electron chi connectivity index (χ2n) is 5.52. The van der Waals surface area contributed by atoms with Crippen molar-refractivity contribution in [2.75, 3.05) is 0 Å². The van der Waals surface area contributed by atoms with Crippen molar-refractivity contribution in [3.8, 4) is 0 Å². The lowest BCUT2D eigenvalue weighted by Crippen LogP contribution is -2.33. The Morgan fingerprint density at radius 2 is 2.04 bits per heavy atom. The van der Waals surface area contributed by atoms with Crippen molar-refractivity contribution in [3.05, 3.63) is 67.9 Å². The van der Waals surface area contributed by atoms with Gasteiger partial charge >= 0.3 is 0 Å². The normalized spacial score (nSPS) is 10.9. The van der Waals surface area contributed by atoms with Crippen molar-refractivity contribution >= 4 is 45.8 Å². The first-order chi connectivity index (χ1) is 12.4. The maximum Gasteiger partial charge on any atom is 0.271 e. The van der Waals surface area contributed by atoms with Crippen molar-refractivity contribution in [1.29, 1.82) is 0 Å². The number of hydrogen-bond acceptors (Lipinski definition) is 5. The monoisotopic (exact) mass is 393 g/mol. The first-order valence-electron chi connectivity index (χ1n) is 7.46. The fourth-order valence-corrected chi connectivity index (χ4v) is 3.09. The number of nitrogens with one attached hydrogen (secondary N) is 1. The van der Waals surface area contributed by atoms with E-state index < -0.39 is 10.8 Å². The van der Waals surface area contributed by atoms with Crippen molar-refractivity contribution in [2.24, 2.45) is 5.84 Å². The van der Waals surface area contributed by atoms with Gasteiger partial charge in [-0.25, -0.2) is 10.8 Å². The number of nitro benzene ring substituents is 1. The van der Waals surface area contributed by atoms with Crippen LogP contribution in [0.25, 0.3) is 11.0 Å². The SMILES string of the molecule is NNC(=O)Cn1c(Cc2ccc(Cl)cc2Cl)nc2ccc([N+](=O)[O-])cc21. The summed E-state index contributed by atoms with van der Waals surface area (Å²) in [5.74, 6) is 5.24. The number of carbonyl (C=O) groups is 1. The largest absolute Gasteiger partial charge is 0.318 e. The van der Waals surface area contributed by atoms with Crippen LogP contribution in [0.2, 0.25) is 10.0 Å². The fourth-order valence-electron chi connectivity index (χ4n) is 2.61. The lowest BCUT2D eigenvalue weighted by molar-refractivity contribution is -0.384. The van der Waals surface area contributed by atoms with Gasteiger partial charge < -0.3 is 4.57 Å². The molecule has 0 aliphatic rings. The first kappa shape index (κ1) is 18.1. The highest BCUT2D eigenvalue weighted by atomic mass is 35.5. The van der Waals surface area contributed by atoms with Crippen molar-refractivity contribution in [3.63, 3.8) is 0 Å². The molecule has 8 nitrogen and oxygen atoms in total. The molecule has 1 heterocycles. The molecule has 0 aliphatic carbocycles. The number of fused-ring (bicyclic) bond motifs is 1. The van der Waals surface area contributed by atoms with Crippen LogP contribution in [0.1, 0.15) is 11.4 Å². The summed E-state index contributed by atoms with van der Waals surface area (Å²) < 4.78 is 1.58. The zero-order valence-electron chi connectivity index (χ0n) is 13.3. The van der Waals surface area contributed by atoms with Crippen LogP contribution in [-0.4, -0.2) is 20.4 Å². The average molecular weight is 394 g/mol. The molecule has 0 unspecified atom stereocenters. The van der Waals surface area contributed by atoms with Crippen molar-refractivity contribution in [2.45, 2.75) is 13.0 Å². The Labute approximate surface area is 157 Å². The number of hydrazine groups is 1. The minimum atomic E-state index is -0.504. The molecule has 0 bridgehead atoms. The zero-order valence-corrected chi connectivity index (χ0v) is 14.8. The predicted octanol–water partition coefficient (Wildman–Crippen LogP) is 2.83. The number of non-ortho nitro benzene ring substituents is 1. The number of rotatable bonds is 5. The third-order valence-electron chi connectivity index (χ3n) is 3.85. The Morgan fingerprint density at radius 1 is 1.27 bits per heavy atom. The molecule has 0 saturated carbocycles. The Bertz CT molecular complexity index is 1020. The number of hydrogen-bond donors (Lipinski definition) is 2. The molecule has 2 aromatic carbocycles. The van der Waals surface area contributed by atoms with Gasteiger partial charge in [-0.2, -0.15) is 0 Å². The Balaban J connectivity index is 2.11. The summed E-state index contributed by atoms with van der Waals surface area (Å²) in [5.41, 5.74) is 3.70. The number of halogens is 2. The van der Waals surface area contributed by atoms with E-state index in [1.165, 1.54) is 18.2 Å². The minimum absolute atomic E-state index is 0.0946. The van der Waals surface area contributed by atoms with E-state index in [1.54, 1.807) is 22.8 Å². The lowest BCUT2D eigenvalue weighted by Gasteiger charge is -2.09. The molecule has 0 aliphatic heterocycles. The van der Waals surface area contributed by atoms with Crippen LogP contribution >= 0.6 is 23.2 Å². The highest BCUT2D eigenvalue weighted by molar-refractivity contribution is 6.35. The second kappa shape index (κ2) is 7.28. The van der Waals surface area contributed by atoms with Gasteiger partial charge in [0.25, 0.3) is 11.6 Å². The van der Waals surface area contributed by atoms with Gasteiger partial charge in [0.1, 0.15) is 12.4 Å². The van der Waals surface area contributed by atoms with E-state index >= 15 is 0 Å². The summed E-state index contributed by atoms with van der Waals surface area (Å²) in [6.07, 6.45) is 0.316. The number of imidazole rings is 1. The molecule has 134 valence electrons. The number of nitro groups is 1. The highest BCUT2D eigenvalue weighted by Crippen LogP contribution is 2.26. The molecule has 1 aromatic heterocycles. The van der Waals surface area contributed by atoms with Crippen LogP contribution in [0.4, 0.5) is 5.69 Å². The number of nitrogens with zero attached hydrogens (tertiary/aromatic N) is 3. The summed E-state index contributed by atoms with van der Waals surface area (Å²) in [5, 5.41) is 12.0. The summed E-state index contributed by atoms with van der Waals surface area (Å²) in [4.78, 5) is 26.8. The van der Waals surface area contributed by atoms with Gasteiger partial charge in [0.15, 0.2) is 0 Å². The molecule has 0 fully saturated rings. The maximum absolute atomic E-state index is 11.8. The zero-order chi connectivity index (χ0) is 18.8. The Hall–Kier alpha value is -2.68. The van der Waals surface area contributed by atoms with E-state index in [2.05, 4.69) is 10.4 Å². The lowest BCUT2D eigenvalue weighted by atomic mass is 10.1. The van der Waals surface area contributed by atoms with Crippen LogP contribution < -0.4 is 11.3 Å². The van der Waals surface area contributed by atoms with Crippen molar-refractivity contribution < 1.29 is 9.72 Å².